The number of para-hydroxylation sites is 1. The third-order valence-electron chi connectivity index (χ3n) is 6.94. The van der Waals surface area contributed by atoms with E-state index in [1.54, 1.807) is 31.3 Å². The first-order valence-corrected chi connectivity index (χ1v) is 13.9. The van der Waals surface area contributed by atoms with Gasteiger partial charge >= 0.3 is 0 Å². The van der Waals surface area contributed by atoms with Crippen molar-refractivity contribution in [1.82, 2.24) is 14.8 Å². The largest absolute Gasteiger partial charge is 0.493 e. The van der Waals surface area contributed by atoms with Gasteiger partial charge in [0.05, 0.1) is 14.2 Å². The number of nitrogens with one attached hydrogen (secondary N) is 1. The normalized spacial score (nSPS) is 11.2. The summed E-state index contributed by atoms with van der Waals surface area (Å²) in [6, 6.07) is 23.5. The molecule has 7 nitrogen and oxygen atoms in total. The second kappa shape index (κ2) is 14.2. The Bertz CT molecular complexity index is 1480. The van der Waals surface area contributed by atoms with Crippen LogP contribution in [-0.2, 0) is 22.6 Å². The summed E-state index contributed by atoms with van der Waals surface area (Å²) in [4.78, 5) is 33.9. The number of hydrogen-bond acceptors (Lipinski definition) is 4. The molecule has 1 aromatic heterocycles. The van der Waals surface area contributed by atoms with E-state index in [9.17, 15) is 9.59 Å². The van der Waals surface area contributed by atoms with Crippen molar-refractivity contribution in [3.8, 4) is 11.5 Å². The Morgan fingerprint density at radius 3 is 2.37 bits per heavy atom. The molecule has 2 amide bonds. The molecule has 1 heterocycles. The first kappa shape index (κ1) is 29.5. The smallest absolute Gasteiger partial charge is 0.247 e. The van der Waals surface area contributed by atoms with Crippen molar-refractivity contribution in [2.75, 3.05) is 33.9 Å². The highest BCUT2D eigenvalue weighted by molar-refractivity contribution is 5.94. The molecule has 0 fully saturated rings. The lowest BCUT2D eigenvalue weighted by Crippen LogP contribution is -2.44. The molecular weight excluding hydrogens is 514 g/mol. The molecule has 3 aromatic carbocycles. The van der Waals surface area contributed by atoms with Crippen LogP contribution in [0.4, 0.5) is 0 Å². The zero-order chi connectivity index (χ0) is 29.2. The van der Waals surface area contributed by atoms with Gasteiger partial charge in [-0.2, -0.15) is 0 Å². The third-order valence-corrected chi connectivity index (χ3v) is 6.94. The fraction of sp³-hybridized carbons (Fsp3) is 0.294. The number of carbonyl (C=O) groups excluding carboxylic acids is 2. The summed E-state index contributed by atoms with van der Waals surface area (Å²) in [7, 11) is 3.20. The lowest BCUT2D eigenvalue weighted by atomic mass is 10.1. The van der Waals surface area contributed by atoms with Crippen molar-refractivity contribution >= 4 is 28.8 Å². The van der Waals surface area contributed by atoms with Gasteiger partial charge < -0.3 is 24.3 Å². The summed E-state index contributed by atoms with van der Waals surface area (Å²) in [5.41, 5.74) is 4.07. The molecule has 0 aliphatic rings. The zero-order valence-corrected chi connectivity index (χ0v) is 24.3. The number of aromatic nitrogens is 1. The maximum atomic E-state index is 13.9. The van der Waals surface area contributed by atoms with Crippen molar-refractivity contribution in [2.45, 2.75) is 26.8 Å². The van der Waals surface area contributed by atoms with E-state index in [-0.39, 0.29) is 24.3 Å². The topological polar surface area (TPSA) is 74.9 Å². The Balaban J connectivity index is 1.56. The molecule has 0 bridgehead atoms. The van der Waals surface area contributed by atoms with E-state index in [1.165, 1.54) is 0 Å². The van der Waals surface area contributed by atoms with Gasteiger partial charge in [0.15, 0.2) is 11.5 Å². The highest BCUT2D eigenvalue weighted by Crippen LogP contribution is 2.28. The predicted octanol–water partition coefficient (Wildman–Crippen LogP) is 5.95. The van der Waals surface area contributed by atoms with Gasteiger partial charge in [0.2, 0.25) is 11.8 Å². The van der Waals surface area contributed by atoms with Gasteiger partial charge in [-0.25, -0.2) is 0 Å². The van der Waals surface area contributed by atoms with Crippen molar-refractivity contribution in [1.29, 1.82) is 0 Å². The fourth-order valence-corrected chi connectivity index (χ4v) is 4.86. The van der Waals surface area contributed by atoms with Gasteiger partial charge in [-0.3, -0.25) is 9.59 Å². The van der Waals surface area contributed by atoms with Crippen LogP contribution < -0.4 is 9.47 Å². The zero-order valence-electron chi connectivity index (χ0n) is 24.3. The van der Waals surface area contributed by atoms with Gasteiger partial charge in [0.25, 0.3) is 0 Å². The number of benzene rings is 3. The Hall–Kier alpha value is -4.52. The van der Waals surface area contributed by atoms with Gasteiger partial charge in [0.1, 0.15) is 6.54 Å². The quantitative estimate of drug-likeness (QED) is 0.208. The highest BCUT2D eigenvalue weighted by Gasteiger charge is 2.22. The molecule has 0 saturated carbocycles. The minimum absolute atomic E-state index is 0.00266. The second-order valence-electron chi connectivity index (χ2n) is 10.5. The van der Waals surface area contributed by atoms with Gasteiger partial charge in [-0.05, 0) is 53.3 Å². The Morgan fingerprint density at radius 2 is 1.63 bits per heavy atom. The van der Waals surface area contributed by atoms with Gasteiger partial charge in [-0.1, -0.05) is 68.4 Å². The third kappa shape index (κ3) is 8.01. The van der Waals surface area contributed by atoms with Crippen LogP contribution >= 0.6 is 0 Å². The van der Waals surface area contributed by atoms with Crippen LogP contribution in [0.15, 0.2) is 85.1 Å². The molecule has 0 saturated heterocycles. The number of carbonyl (C=O) groups is 2. The average Bonchev–Trinajstić information content (AvgIpc) is 3.40. The van der Waals surface area contributed by atoms with Crippen LogP contribution in [0.5, 0.6) is 11.5 Å². The Morgan fingerprint density at radius 1 is 0.902 bits per heavy atom. The second-order valence-corrected chi connectivity index (χ2v) is 10.5. The first-order valence-electron chi connectivity index (χ1n) is 13.9. The number of H-pyrrole nitrogens is 1. The summed E-state index contributed by atoms with van der Waals surface area (Å²) < 4.78 is 10.9. The molecule has 7 heteroatoms. The van der Waals surface area contributed by atoms with Gasteiger partial charge in [-0.15, -0.1) is 0 Å². The van der Waals surface area contributed by atoms with Crippen molar-refractivity contribution in [3.05, 3.63) is 102 Å². The Labute approximate surface area is 242 Å². The fourth-order valence-electron chi connectivity index (χ4n) is 4.86. The Kier molecular flexibility index (Phi) is 10.2. The number of rotatable bonds is 13. The van der Waals surface area contributed by atoms with Crippen LogP contribution in [0.1, 0.15) is 30.5 Å². The van der Waals surface area contributed by atoms with Crippen molar-refractivity contribution in [2.24, 2.45) is 5.92 Å². The number of hydrogen-bond donors (Lipinski definition) is 1. The molecule has 1 N–H and O–H groups in total. The molecular formula is C34H39N3O4. The summed E-state index contributed by atoms with van der Waals surface area (Å²) in [6.45, 7) is 5.45. The van der Waals surface area contributed by atoms with E-state index in [4.69, 9.17) is 9.47 Å². The maximum absolute atomic E-state index is 13.9. The number of amides is 2. The molecule has 214 valence electrons. The van der Waals surface area contributed by atoms with E-state index in [0.29, 0.717) is 37.6 Å². The minimum Gasteiger partial charge on any atom is -0.493 e. The highest BCUT2D eigenvalue weighted by atomic mass is 16.5. The van der Waals surface area contributed by atoms with Crippen molar-refractivity contribution < 1.29 is 19.1 Å². The van der Waals surface area contributed by atoms with Crippen LogP contribution in [0.2, 0.25) is 0 Å². The number of methoxy groups -OCH3 is 2. The van der Waals surface area contributed by atoms with Crippen molar-refractivity contribution in [3.63, 3.8) is 0 Å². The van der Waals surface area contributed by atoms with Crippen LogP contribution in [0.25, 0.3) is 17.0 Å². The van der Waals surface area contributed by atoms with E-state index in [1.807, 2.05) is 91.7 Å². The molecule has 0 unspecified atom stereocenters. The summed E-state index contributed by atoms with van der Waals surface area (Å²) in [6.07, 6.45) is 6.02. The molecule has 0 atom stereocenters. The minimum atomic E-state index is -0.182. The number of fused-ring (bicyclic) bond motifs is 1. The molecule has 0 aliphatic carbocycles. The number of ether oxygens (including phenoxy) is 2. The summed E-state index contributed by atoms with van der Waals surface area (Å²) in [5, 5.41) is 1.15. The lowest BCUT2D eigenvalue weighted by molar-refractivity contribution is -0.139. The van der Waals surface area contributed by atoms with E-state index < -0.39 is 0 Å². The van der Waals surface area contributed by atoms with E-state index in [2.05, 4.69) is 11.1 Å². The number of nitrogens with zero attached hydrogens (tertiary/aromatic N) is 2. The molecule has 0 radical (unpaired) electrons. The molecule has 4 aromatic rings. The van der Waals surface area contributed by atoms with Gasteiger partial charge in [0, 0.05) is 42.8 Å². The molecule has 4 rings (SSSR count). The first-order chi connectivity index (χ1) is 19.9. The van der Waals surface area contributed by atoms with E-state index >= 15 is 0 Å². The standard InChI is InChI=1S/C34H39N3O4/c1-25(2)22-37(33(38)17-15-26-10-6-5-7-11-26)24-34(39)36(23-27-14-16-31(40-3)32(20-27)41-4)19-18-28-21-35-30-13-9-8-12-29(28)30/h5-17,20-21,25,35H,18-19,22-24H2,1-4H3. The summed E-state index contributed by atoms with van der Waals surface area (Å²) >= 11 is 0. The van der Waals surface area contributed by atoms with Crippen LogP contribution in [-0.4, -0.2) is 60.5 Å². The molecule has 0 aliphatic heterocycles. The summed E-state index contributed by atoms with van der Waals surface area (Å²) in [5.74, 6) is 1.16. The SMILES string of the molecule is COc1ccc(CN(CCc2c[nH]c3ccccc23)C(=O)CN(CC(C)C)C(=O)C=Cc2ccccc2)cc1OC. The van der Waals surface area contributed by atoms with Crippen LogP contribution in [0, 0.1) is 5.92 Å². The molecule has 0 spiro atoms. The van der Waals surface area contributed by atoms with E-state index in [0.717, 1.165) is 27.6 Å². The average molecular weight is 554 g/mol. The predicted molar refractivity (Wildman–Crippen MR) is 164 cm³/mol. The lowest BCUT2D eigenvalue weighted by Gasteiger charge is -2.28. The maximum Gasteiger partial charge on any atom is 0.247 e. The molecule has 41 heavy (non-hydrogen) atoms. The monoisotopic (exact) mass is 553 g/mol. The van der Waals surface area contributed by atoms with Crippen LogP contribution in [0.3, 0.4) is 0 Å². The number of aromatic amines is 1.